The average Bonchev–Trinajstić information content (AvgIpc) is 2.99. The van der Waals surface area contributed by atoms with Gasteiger partial charge in [0.1, 0.15) is 12.6 Å². The van der Waals surface area contributed by atoms with Crippen LogP contribution in [0.4, 0.5) is 5.69 Å². The number of likely N-dealkylation sites (N-methyl/N-ethyl adjacent to an activating group) is 1. The van der Waals surface area contributed by atoms with Crippen LogP contribution < -0.4 is 9.62 Å². The van der Waals surface area contributed by atoms with E-state index in [-0.39, 0.29) is 23.8 Å². The Bertz CT molecular complexity index is 1710. The fourth-order valence-electron chi connectivity index (χ4n) is 5.09. The Hall–Kier alpha value is -4.14. The molecule has 1 atom stereocenters. The molecule has 0 aromatic heterocycles. The topological polar surface area (TPSA) is 86.8 Å². The van der Waals surface area contributed by atoms with Crippen molar-refractivity contribution in [3.63, 3.8) is 0 Å². The van der Waals surface area contributed by atoms with E-state index < -0.39 is 28.5 Å². The van der Waals surface area contributed by atoms with Crippen LogP contribution in [0.15, 0.2) is 102 Å². The SMILES string of the molecule is CCNC(=O)[C@@H](Cc1ccccc1)N(Cc1ccccc1Cl)C(=O)CN(c1ccc(C)cc1C)S(=O)(=O)c1ccc(C)cc1. The Morgan fingerprint density at radius 1 is 0.841 bits per heavy atom. The Morgan fingerprint density at radius 3 is 2.11 bits per heavy atom. The van der Waals surface area contributed by atoms with Gasteiger partial charge in [0.05, 0.1) is 10.6 Å². The molecule has 230 valence electrons. The maximum absolute atomic E-state index is 14.5. The Morgan fingerprint density at radius 2 is 1.48 bits per heavy atom. The number of hydrogen-bond donors (Lipinski definition) is 1. The van der Waals surface area contributed by atoms with Gasteiger partial charge in [-0.1, -0.05) is 95.5 Å². The molecule has 0 radical (unpaired) electrons. The highest BCUT2D eigenvalue weighted by Crippen LogP contribution is 2.29. The zero-order chi connectivity index (χ0) is 31.9. The summed E-state index contributed by atoms with van der Waals surface area (Å²) in [5.41, 5.74) is 4.47. The molecule has 0 fully saturated rings. The third-order valence-electron chi connectivity index (χ3n) is 7.43. The van der Waals surface area contributed by atoms with E-state index in [1.165, 1.54) is 4.90 Å². The van der Waals surface area contributed by atoms with Crippen molar-refractivity contribution < 1.29 is 18.0 Å². The molecule has 2 amide bonds. The number of carbonyl (C=O) groups is 2. The lowest BCUT2D eigenvalue weighted by Gasteiger charge is -2.34. The van der Waals surface area contributed by atoms with Crippen molar-refractivity contribution in [3.05, 3.63) is 130 Å². The van der Waals surface area contributed by atoms with Crippen LogP contribution in [0.2, 0.25) is 5.02 Å². The Balaban J connectivity index is 1.83. The number of nitrogens with one attached hydrogen (secondary N) is 1. The van der Waals surface area contributed by atoms with Crippen molar-refractivity contribution in [1.82, 2.24) is 10.2 Å². The van der Waals surface area contributed by atoms with Gasteiger partial charge in [0.25, 0.3) is 10.0 Å². The minimum Gasteiger partial charge on any atom is -0.355 e. The number of hydrogen-bond acceptors (Lipinski definition) is 4. The molecule has 1 N–H and O–H groups in total. The lowest BCUT2D eigenvalue weighted by Crippen LogP contribution is -2.53. The van der Waals surface area contributed by atoms with Gasteiger partial charge in [0, 0.05) is 24.5 Å². The van der Waals surface area contributed by atoms with Gasteiger partial charge >= 0.3 is 0 Å². The van der Waals surface area contributed by atoms with Crippen LogP contribution >= 0.6 is 11.6 Å². The van der Waals surface area contributed by atoms with Gasteiger partial charge in [0.15, 0.2) is 0 Å². The Labute approximate surface area is 265 Å². The second-order valence-corrected chi connectivity index (χ2v) is 13.1. The third kappa shape index (κ3) is 7.87. The van der Waals surface area contributed by atoms with Crippen LogP contribution in [0, 0.1) is 20.8 Å². The van der Waals surface area contributed by atoms with E-state index in [1.54, 1.807) is 48.5 Å². The van der Waals surface area contributed by atoms with Gasteiger partial charge in [-0.05, 0) is 68.7 Å². The minimum absolute atomic E-state index is 0.0123. The lowest BCUT2D eigenvalue weighted by atomic mass is 10.0. The molecular weight excluding hydrogens is 594 g/mol. The van der Waals surface area contributed by atoms with Gasteiger partial charge in [-0.15, -0.1) is 0 Å². The van der Waals surface area contributed by atoms with Crippen LogP contribution in [-0.2, 0) is 32.6 Å². The molecule has 4 rings (SSSR count). The van der Waals surface area contributed by atoms with Crippen LogP contribution in [0.1, 0.15) is 34.7 Å². The quantitative estimate of drug-likeness (QED) is 0.201. The van der Waals surface area contributed by atoms with E-state index in [9.17, 15) is 18.0 Å². The molecule has 0 spiro atoms. The number of aryl methyl sites for hydroxylation is 3. The minimum atomic E-state index is -4.17. The monoisotopic (exact) mass is 631 g/mol. The van der Waals surface area contributed by atoms with E-state index in [0.29, 0.717) is 28.4 Å². The molecule has 9 heteroatoms. The smallest absolute Gasteiger partial charge is 0.264 e. The summed E-state index contributed by atoms with van der Waals surface area (Å²) in [7, 11) is -4.17. The molecule has 0 aliphatic carbocycles. The number of sulfonamides is 1. The van der Waals surface area contributed by atoms with Crippen molar-refractivity contribution in [2.75, 3.05) is 17.4 Å². The third-order valence-corrected chi connectivity index (χ3v) is 9.57. The molecule has 0 unspecified atom stereocenters. The molecular formula is C35H38ClN3O4S. The molecule has 4 aromatic rings. The fourth-order valence-corrected chi connectivity index (χ4v) is 6.77. The number of halogens is 1. The Kier molecular flexibility index (Phi) is 10.8. The predicted octanol–water partition coefficient (Wildman–Crippen LogP) is 6.24. The number of rotatable bonds is 12. The van der Waals surface area contributed by atoms with Crippen molar-refractivity contribution >= 4 is 39.1 Å². The normalized spacial score (nSPS) is 11.9. The fraction of sp³-hybridized carbons (Fsp3) is 0.257. The maximum atomic E-state index is 14.5. The summed E-state index contributed by atoms with van der Waals surface area (Å²) in [4.78, 5) is 29.6. The van der Waals surface area contributed by atoms with E-state index in [4.69, 9.17) is 11.6 Å². The number of nitrogens with zero attached hydrogens (tertiary/aromatic N) is 2. The molecule has 4 aromatic carbocycles. The molecule has 0 aliphatic rings. The van der Waals surface area contributed by atoms with E-state index in [1.807, 2.05) is 76.2 Å². The lowest BCUT2D eigenvalue weighted by molar-refractivity contribution is -0.140. The highest BCUT2D eigenvalue weighted by molar-refractivity contribution is 7.92. The summed E-state index contributed by atoms with van der Waals surface area (Å²) in [6.07, 6.45) is 0.233. The van der Waals surface area contributed by atoms with E-state index in [2.05, 4.69) is 5.32 Å². The first-order valence-corrected chi connectivity index (χ1v) is 16.3. The zero-order valence-corrected chi connectivity index (χ0v) is 27.0. The molecule has 0 saturated carbocycles. The highest BCUT2D eigenvalue weighted by atomic mass is 35.5. The first-order chi connectivity index (χ1) is 21.0. The summed E-state index contributed by atoms with van der Waals surface area (Å²) in [6.45, 7) is 7.30. The van der Waals surface area contributed by atoms with E-state index >= 15 is 0 Å². The largest absolute Gasteiger partial charge is 0.355 e. The van der Waals surface area contributed by atoms with Gasteiger partial charge in [-0.3, -0.25) is 13.9 Å². The summed E-state index contributed by atoms with van der Waals surface area (Å²) in [6, 6.07) is 27.6. The summed E-state index contributed by atoms with van der Waals surface area (Å²) in [5.74, 6) is -0.871. The predicted molar refractivity (Wildman–Crippen MR) is 176 cm³/mol. The maximum Gasteiger partial charge on any atom is 0.264 e. The summed E-state index contributed by atoms with van der Waals surface area (Å²) >= 11 is 6.54. The number of carbonyl (C=O) groups excluding carboxylic acids is 2. The zero-order valence-electron chi connectivity index (χ0n) is 25.5. The van der Waals surface area contributed by atoms with E-state index in [0.717, 1.165) is 21.0 Å². The first kappa shape index (κ1) is 32.8. The van der Waals surface area contributed by atoms with Gasteiger partial charge in [-0.25, -0.2) is 8.42 Å². The van der Waals surface area contributed by atoms with Crippen molar-refractivity contribution in [1.29, 1.82) is 0 Å². The first-order valence-electron chi connectivity index (χ1n) is 14.5. The number of amides is 2. The molecule has 0 saturated heterocycles. The second kappa shape index (κ2) is 14.6. The van der Waals surface area contributed by atoms with Crippen LogP contribution in [0.25, 0.3) is 0 Å². The molecule has 7 nitrogen and oxygen atoms in total. The summed E-state index contributed by atoms with van der Waals surface area (Å²) in [5, 5.41) is 3.31. The van der Waals surface area contributed by atoms with Crippen molar-refractivity contribution in [2.45, 2.75) is 51.6 Å². The van der Waals surface area contributed by atoms with Crippen molar-refractivity contribution in [3.8, 4) is 0 Å². The molecule has 44 heavy (non-hydrogen) atoms. The standard InChI is InChI=1S/C35H38ClN3O4S/c1-5-37-35(41)33(22-28-11-7-6-8-12-28)38(23-29-13-9-10-14-31(29)36)34(40)24-39(32-20-17-26(3)21-27(32)4)44(42,43)30-18-15-25(2)16-19-30/h6-21,33H,5,22-24H2,1-4H3,(H,37,41)/t33-/m1/s1. The van der Waals surface area contributed by atoms with Crippen LogP contribution in [0.3, 0.4) is 0 Å². The van der Waals surface area contributed by atoms with Crippen LogP contribution in [0.5, 0.6) is 0 Å². The summed E-state index contributed by atoms with van der Waals surface area (Å²) < 4.78 is 29.6. The van der Waals surface area contributed by atoms with Crippen molar-refractivity contribution in [2.24, 2.45) is 0 Å². The average molecular weight is 632 g/mol. The van der Waals surface area contributed by atoms with Gasteiger partial charge in [0.2, 0.25) is 11.8 Å². The number of anilines is 1. The highest BCUT2D eigenvalue weighted by Gasteiger charge is 2.35. The molecule has 0 aliphatic heterocycles. The second-order valence-electron chi connectivity index (χ2n) is 10.8. The molecule has 0 heterocycles. The number of benzene rings is 4. The van der Waals surface area contributed by atoms with Gasteiger partial charge < -0.3 is 10.2 Å². The molecule has 0 bridgehead atoms. The van der Waals surface area contributed by atoms with Gasteiger partial charge in [-0.2, -0.15) is 0 Å². The van der Waals surface area contributed by atoms with Crippen LogP contribution in [-0.4, -0.2) is 44.3 Å².